The lowest BCUT2D eigenvalue weighted by molar-refractivity contribution is -0.115. The zero-order valence-electron chi connectivity index (χ0n) is 12.8. The van der Waals surface area contributed by atoms with Crippen molar-refractivity contribution in [2.45, 2.75) is 19.8 Å². The summed E-state index contributed by atoms with van der Waals surface area (Å²) < 4.78 is 0.943. The fourth-order valence-corrected chi connectivity index (χ4v) is 2.23. The molecular formula is C15H22BrIN4O. The highest BCUT2D eigenvalue weighted by Gasteiger charge is 2.21. The van der Waals surface area contributed by atoms with E-state index in [2.05, 4.69) is 36.9 Å². The van der Waals surface area contributed by atoms with Gasteiger partial charge in [0.2, 0.25) is 5.91 Å². The summed E-state index contributed by atoms with van der Waals surface area (Å²) in [5.41, 5.74) is 1.85. The summed E-state index contributed by atoms with van der Waals surface area (Å²) in [6.07, 6.45) is 2.57. The number of nitrogens with zero attached hydrogens (tertiary/aromatic N) is 1. The molecule has 0 unspecified atom stereocenters. The van der Waals surface area contributed by atoms with Crippen LogP contribution >= 0.6 is 39.9 Å². The molecule has 0 atom stereocenters. The van der Waals surface area contributed by atoms with Gasteiger partial charge in [-0.25, -0.2) is 0 Å². The van der Waals surface area contributed by atoms with E-state index in [0.717, 1.165) is 28.2 Å². The van der Waals surface area contributed by atoms with Gasteiger partial charge in [0.05, 0.1) is 6.54 Å². The summed E-state index contributed by atoms with van der Waals surface area (Å²) in [5, 5.41) is 9.14. The minimum atomic E-state index is -0.0921. The Labute approximate surface area is 156 Å². The van der Waals surface area contributed by atoms with Crippen LogP contribution in [0.5, 0.6) is 0 Å². The van der Waals surface area contributed by atoms with E-state index in [9.17, 15) is 4.79 Å². The lowest BCUT2D eigenvalue weighted by Crippen LogP contribution is -2.42. The lowest BCUT2D eigenvalue weighted by Gasteiger charge is -2.12. The first-order valence-corrected chi connectivity index (χ1v) is 7.88. The Morgan fingerprint density at radius 2 is 2.09 bits per heavy atom. The van der Waals surface area contributed by atoms with Crippen molar-refractivity contribution in [1.82, 2.24) is 10.6 Å². The first kappa shape index (κ1) is 19.2. The minimum absolute atomic E-state index is 0. The quantitative estimate of drug-likeness (QED) is 0.345. The highest BCUT2D eigenvalue weighted by atomic mass is 127. The maximum atomic E-state index is 12.0. The zero-order valence-corrected chi connectivity index (χ0v) is 16.7. The molecule has 0 aromatic heterocycles. The minimum Gasteiger partial charge on any atom is -0.356 e. The molecule has 5 nitrogen and oxygen atoms in total. The molecule has 1 aromatic rings. The Bertz CT molecular complexity index is 546. The van der Waals surface area contributed by atoms with Crippen LogP contribution in [0.1, 0.15) is 18.4 Å². The molecule has 3 N–H and O–H groups in total. The van der Waals surface area contributed by atoms with Crippen LogP contribution in [0.25, 0.3) is 0 Å². The highest BCUT2D eigenvalue weighted by molar-refractivity contribution is 14.0. The molecule has 7 heteroatoms. The molecule has 1 aromatic carbocycles. The third kappa shape index (κ3) is 6.51. The number of nitrogens with one attached hydrogen (secondary N) is 3. The zero-order chi connectivity index (χ0) is 15.2. The van der Waals surface area contributed by atoms with Crippen molar-refractivity contribution < 1.29 is 4.79 Å². The van der Waals surface area contributed by atoms with E-state index in [-0.39, 0.29) is 36.4 Å². The summed E-state index contributed by atoms with van der Waals surface area (Å²) in [6, 6.07) is 5.81. The monoisotopic (exact) mass is 480 g/mol. The number of aryl methyl sites for hydroxylation is 1. The molecule has 0 radical (unpaired) electrons. The average molecular weight is 481 g/mol. The van der Waals surface area contributed by atoms with Gasteiger partial charge in [-0.1, -0.05) is 22.0 Å². The number of halogens is 2. The molecule has 1 saturated carbocycles. The number of carbonyl (C=O) groups is 1. The van der Waals surface area contributed by atoms with Gasteiger partial charge in [-0.05, 0) is 43.4 Å². The number of guanidine groups is 1. The van der Waals surface area contributed by atoms with Gasteiger partial charge < -0.3 is 16.0 Å². The van der Waals surface area contributed by atoms with E-state index >= 15 is 0 Å². The Morgan fingerprint density at radius 1 is 1.36 bits per heavy atom. The number of anilines is 1. The molecule has 122 valence electrons. The topological polar surface area (TPSA) is 65.5 Å². The predicted octanol–water partition coefficient (Wildman–Crippen LogP) is 2.89. The molecule has 0 spiro atoms. The number of hydrogen-bond acceptors (Lipinski definition) is 2. The molecule has 0 saturated heterocycles. The van der Waals surface area contributed by atoms with Crippen LogP contribution in [0.3, 0.4) is 0 Å². The smallest absolute Gasteiger partial charge is 0.243 e. The summed E-state index contributed by atoms with van der Waals surface area (Å²) in [7, 11) is 1.71. The molecular weight excluding hydrogens is 459 g/mol. The Kier molecular flexibility index (Phi) is 8.16. The van der Waals surface area contributed by atoms with E-state index in [0.29, 0.717) is 5.96 Å². The lowest BCUT2D eigenvalue weighted by atomic mass is 10.2. The molecule has 1 fully saturated rings. The van der Waals surface area contributed by atoms with Crippen molar-refractivity contribution in [1.29, 1.82) is 0 Å². The van der Waals surface area contributed by atoms with Crippen LogP contribution < -0.4 is 16.0 Å². The van der Waals surface area contributed by atoms with Gasteiger partial charge in [-0.3, -0.25) is 9.79 Å². The van der Waals surface area contributed by atoms with Gasteiger partial charge in [0.15, 0.2) is 5.96 Å². The molecule has 1 aliphatic rings. The second kappa shape index (κ2) is 9.34. The summed E-state index contributed by atoms with van der Waals surface area (Å²) in [4.78, 5) is 16.1. The van der Waals surface area contributed by atoms with Gasteiger partial charge in [0.25, 0.3) is 0 Å². The SMILES string of the molecule is CN=C(NCC(=O)Nc1cc(Br)ccc1C)NCC1CC1.I. The molecule has 1 aliphatic carbocycles. The number of aliphatic imine (C=N–C) groups is 1. The number of amides is 1. The van der Waals surface area contributed by atoms with Gasteiger partial charge in [0.1, 0.15) is 0 Å². The van der Waals surface area contributed by atoms with Crippen LogP contribution in [-0.4, -0.2) is 32.0 Å². The third-order valence-electron chi connectivity index (χ3n) is 3.37. The summed E-state index contributed by atoms with van der Waals surface area (Å²) in [6.45, 7) is 3.08. The fourth-order valence-electron chi connectivity index (χ4n) is 1.87. The number of hydrogen-bond donors (Lipinski definition) is 3. The fraction of sp³-hybridized carbons (Fsp3) is 0.467. The van der Waals surface area contributed by atoms with Crippen LogP contribution in [0, 0.1) is 12.8 Å². The van der Waals surface area contributed by atoms with Gasteiger partial charge in [-0.15, -0.1) is 24.0 Å². The summed E-state index contributed by atoms with van der Waals surface area (Å²) >= 11 is 3.40. The largest absolute Gasteiger partial charge is 0.356 e. The highest BCUT2D eigenvalue weighted by Crippen LogP contribution is 2.27. The predicted molar refractivity (Wildman–Crippen MR) is 105 cm³/mol. The standard InChI is InChI=1S/C15H21BrN4O.HI/c1-10-3-6-12(16)7-13(10)20-14(21)9-19-15(17-2)18-8-11-4-5-11;/h3,6-7,11H,4-5,8-9H2,1-2H3,(H,20,21)(H2,17,18,19);1H. The summed E-state index contributed by atoms with van der Waals surface area (Å²) in [5.74, 6) is 1.34. The van der Waals surface area contributed by atoms with Crippen LogP contribution in [-0.2, 0) is 4.79 Å². The van der Waals surface area contributed by atoms with Gasteiger partial charge in [-0.2, -0.15) is 0 Å². The van der Waals surface area contributed by atoms with E-state index in [1.54, 1.807) is 7.05 Å². The van der Waals surface area contributed by atoms with Crippen molar-refractivity contribution in [3.63, 3.8) is 0 Å². The number of rotatable bonds is 5. The van der Waals surface area contributed by atoms with Crippen LogP contribution in [0.4, 0.5) is 5.69 Å². The molecule has 2 rings (SSSR count). The van der Waals surface area contributed by atoms with Crippen molar-refractivity contribution in [2.24, 2.45) is 10.9 Å². The first-order chi connectivity index (χ1) is 10.1. The van der Waals surface area contributed by atoms with Crippen LogP contribution in [0.15, 0.2) is 27.7 Å². The number of benzene rings is 1. The van der Waals surface area contributed by atoms with E-state index < -0.39 is 0 Å². The third-order valence-corrected chi connectivity index (χ3v) is 3.86. The normalized spacial score (nSPS) is 14.0. The van der Waals surface area contributed by atoms with Crippen molar-refractivity contribution in [3.8, 4) is 0 Å². The van der Waals surface area contributed by atoms with Gasteiger partial charge in [0, 0.05) is 23.8 Å². The van der Waals surface area contributed by atoms with Crippen LogP contribution in [0.2, 0.25) is 0 Å². The van der Waals surface area contributed by atoms with E-state index in [1.165, 1.54) is 12.8 Å². The van der Waals surface area contributed by atoms with Crippen molar-refractivity contribution >= 4 is 57.5 Å². The maximum Gasteiger partial charge on any atom is 0.243 e. The molecule has 0 aliphatic heterocycles. The van der Waals surface area contributed by atoms with Crippen molar-refractivity contribution in [2.75, 3.05) is 25.5 Å². The Balaban J connectivity index is 0.00000242. The molecule has 1 amide bonds. The Morgan fingerprint density at radius 3 is 2.73 bits per heavy atom. The Hall–Kier alpha value is -0.830. The first-order valence-electron chi connectivity index (χ1n) is 7.09. The van der Waals surface area contributed by atoms with Gasteiger partial charge >= 0.3 is 0 Å². The molecule has 0 heterocycles. The van der Waals surface area contributed by atoms with E-state index in [4.69, 9.17) is 0 Å². The molecule has 22 heavy (non-hydrogen) atoms. The van der Waals surface area contributed by atoms with E-state index in [1.807, 2.05) is 25.1 Å². The number of carbonyl (C=O) groups excluding carboxylic acids is 1. The maximum absolute atomic E-state index is 12.0. The average Bonchev–Trinajstić information content (AvgIpc) is 3.27. The molecule has 0 bridgehead atoms. The second-order valence-electron chi connectivity index (χ2n) is 5.26. The second-order valence-corrected chi connectivity index (χ2v) is 6.17. The van der Waals surface area contributed by atoms with Crippen molar-refractivity contribution in [3.05, 3.63) is 28.2 Å².